The summed E-state index contributed by atoms with van der Waals surface area (Å²) in [4.78, 5) is 12.5. The highest BCUT2D eigenvalue weighted by Crippen LogP contribution is 2.74. The van der Waals surface area contributed by atoms with Gasteiger partial charge in [0.25, 0.3) is 0 Å². The van der Waals surface area contributed by atoms with Gasteiger partial charge in [0.15, 0.2) is 11.4 Å². The molecule has 146 valence electrons. The lowest BCUT2D eigenvalue weighted by molar-refractivity contribution is -0.247. The summed E-state index contributed by atoms with van der Waals surface area (Å²) in [6.07, 6.45) is 6.14. The van der Waals surface area contributed by atoms with Crippen molar-refractivity contribution in [3.05, 3.63) is 0 Å². The van der Waals surface area contributed by atoms with Gasteiger partial charge in [-0.2, -0.15) is 0 Å². The number of carbonyl (C=O) groups is 1. The fourth-order valence-electron chi connectivity index (χ4n) is 8.72. The number of aliphatic hydroxyl groups is 2. The standard InChI is InChI=1S/C22H34O4/c1-12-9-15-16(19(3)7-5-14(24)11-21(12,19)25)6-8-20(4)17(15)10-18-22(20,26-18)13(2)23/h12,14-18,24-25H,5-11H2,1-4H3/t12-,14+,15+,16-,17-,18+,19+,20-,21-,22-/m0/s1. The van der Waals surface area contributed by atoms with E-state index in [1.165, 1.54) is 0 Å². The maximum absolute atomic E-state index is 12.5. The van der Waals surface area contributed by atoms with Crippen molar-refractivity contribution < 1.29 is 19.7 Å². The highest BCUT2D eigenvalue weighted by molar-refractivity contribution is 5.90. The molecule has 2 N–H and O–H groups in total. The number of ketones is 1. The van der Waals surface area contributed by atoms with Crippen LogP contribution in [0.1, 0.15) is 72.6 Å². The van der Waals surface area contributed by atoms with Crippen molar-refractivity contribution in [3.8, 4) is 0 Å². The van der Waals surface area contributed by atoms with Crippen molar-refractivity contribution in [1.82, 2.24) is 0 Å². The first kappa shape index (κ1) is 17.6. The molecule has 0 aromatic heterocycles. The number of ether oxygens (including phenoxy) is 1. The second kappa shape index (κ2) is 4.93. The van der Waals surface area contributed by atoms with Gasteiger partial charge in [0.1, 0.15) is 0 Å². The molecule has 0 aromatic carbocycles. The number of carbonyl (C=O) groups excluding carboxylic acids is 1. The van der Waals surface area contributed by atoms with E-state index in [1.807, 2.05) is 0 Å². The summed E-state index contributed by atoms with van der Waals surface area (Å²) in [6, 6.07) is 0. The molecule has 4 saturated carbocycles. The summed E-state index contributed by atoms with van der Waals surface area (Å²) in [7, 11) is 0. The molecule has 4 heteroatoms. The molecule has 0 spiro atoms. The van der Waals surface area contributed by atoms with Crippen LogP contribution < -0.4 is 0 Å². The van der Waals surface area contributed by atoms with Crippen LogP contribution in [0.2, 0.25) is 0 Å². The molecule has 10 atom stereocenters. The monoisotopic (exact) mass is 362 g/mol. The summed E-state index contributed by atoms with van der Waals surface area (Å²) >= 11 is 0. The number of Topliss-reactive ketones (excluding diaryl/α,β-unsaturated/α-hetero) is 1. The Bertz CT molecular complexity index is 663. The highest BCUT2D eigenvalue weighted by Gasteiger charge is 2.80. The average Bonchev–Trinajstić information content (AvgIpc) is 3.24. The van der Waals surface area contributed by atoms with Crippen LogP contribution in [0.15, 0.2) is 0 Å². The Balaban J connectivity index is 1.53. The second-order valence-corrected chi connectivity index (χ2v) is 10.8. The third-order valence-corrected chi connectivity index (χ3v) is 10.2. The molecule has 26 heavy (non-hydrogen) atoms. The quantitative estimate of drug-likeness (QED) is 0.703. The lowest BCUT2D eigenvalue weighted by Gasteiger charge is -2.66. The van der Waals surface area contributed by atoms with E-state index in [0.717, 1.165) is 38.5 Å². The lowest BCUT2D eigenvalue weighted by Crippen LogP contribution is -2.66. The number of epoxide rings is 1. The maximum Gasteiger partial charge on any atom is 0.164 e. The van der Waals surface area contributed by atoms with Gasteiger partial charge < -0.3 is 14.9 Å². The number of hydrogen-bond acceptors (Lipinski definition) is 4. The molecular weight excluding hydrogens is 328 g/mol. The summed E-state index contributed by atoms with van der Waals surface area (Å²) in [5.41, 5.74) is -1.42. The number of rotatable bonds is 1. The first-order chi connectivity index (χ1) is 12.1. The van der Waals surface area contributed by atoms with Crippen molar-refractivity contribution in [1.29, 1.82) is 0 Å². The van der Waals surface area contributed by atoms with E-state index >= 15 is 0 Å². The zero-order chi connectivity index (χ0) is 18.7. The molecule has 0 radical (unpaired) electrons. The molecule has 5 aliphatic rings. The molecule has 5 fully saturated rings. The van der Waals surface area contributed by atoms with E-state index in [9.17, 15) is 15.0 Å². The largest absolute Gasteiger partial charge is 0.393 e. The van der Waals surface area contributed by atoms with E-state index < -0.39 is 11.2 Å². The topological polar surface area (TPSA) is 70.1 Å². The number of hydrogen-bond donors (Lipinski definition) is 2. The minimum atomic E-state index is -0.754. The van der Waals surface area contributed by atoms with Crippen LogP contribution in [-0.4, -0.2) is 39.4 Å². The van der Waals surface area contributed by atoms with Gasteiger partial charge in [-0.25, -0.2) is 0 Å². The SMILES string of the molecule is CC(=O)[C@]12O[C@@H]1C[C@H]1[C@@H]3C[C@H](C)[C@@]4(O)C[C@H](O)CC[C@]4(C)[C@H]3CC[C@@]12C. The lowest BCUT2D eigenvalue weighted by atomic mass is 9.41. The van der Waals surface area contributed by atoms with Crippen LogP contribution >= 0.6 is 0 Å². The third kappa shape index (κ3) is 1.72. The summed E-state index contributed by atoms with van der Waals surface area (Å²) < 4.78 is 6.01. The Morgan fingerprint density at radius 3 is 2.46 bits per heavy atom. The molecule has 0 amide bonds. The van der Waals surface area contributed by atoms with Gasteiger partial charge in [-0.15, -0.1) is 0 Å². The molecule has 0 bridgehead atoms. The molecular formula is C22H34O4. The zero-order valence-corrected chi connectivity index (χ0v) is 16.6. The minimum Gasteiger partial charge on any atom is -0.393 e. The Labute approximate surface area is 156 Å². The Kier molecular flexibility index (Phi) is 3.34. The van der Waals surface area contributed by atoms with Crippen LogP contribution in [0.4, 0.5) is 0 Å². The van der Waals surface area contributed by atoms with Gasteiger partial charge in [-0.1, -0.05) is 20.8 Å². The fourth-order valence-corrected chi connectivity index (χ4v) is 8.72. The Hall–Kier alpha value is -0.450. The third-order valence-electron chi connectivity index (χ3n) is 10.2. The maximum atomic E-state index is 12.5. The smallest absolute Gasteiger partial charge is 0.164 e. The Morgan fingerprint density at radius 2 is 1.77 bits per heavy atom. The summed E-state index contributed by atoms with van der Waals surface area (Å²) in [5.74, 6) is 2.00. The van der Waals surface area contributed by atoms with Gasteiger partial charge in [0.05, 0.1) is 17.8 Å². The van der Waals surface area contributed by atoms with Gasteiger partial charge >= 0.3 is 0 Å². The molecule has 1 saturated heterocycles. The minimum absolute atomic E-state index is 0.0373. The van der Waals surface area contributed by atoms with Crippen LogP contribution in [0.25, 0.3) is 0 Å². The van der Waals surface area contributed by atoms with Crippen molar-refractivity contribution in [2.45, 2.75) is 96.1 Å². The molecule has 1 aliphatic heterocycles. The van der Waals surface area contributed by atoms with Crippen LogP contribution in [0, 0.1) is 34.5 Å². The number of aliphatic hydroxyl groups excluding tert-OH is 1. The van der Waals surface area contributed by atoms with Crippen LogP contribution in [0.3, 0.4) is 0 Å². The van der Waals surface area contributed by atoms with Crippen molar-refractivity contribution >= 4 is 5.78 Å². The van der Waals surface area contributed by atoms with E-state index in [2.05, 4.69) is 20.8 Å². The summed E-state index contributed by atoms with van der Waals surface area (Å²) in [6.45, 7) is 8.50. The van der Waals surface area contributed by atoms with E-state index in [-0.39, 0.29) is 34.7 Å². The first-order valence-electron chi connectivity index (χ1n) is 10.7. The first-order valence-corrected chi connectivity index (χ1v) is 10.7. The fraction of sp³-hybridized carbons (Fsp3) is 0.955. The Morgan fingerprint density at radius 1 is 1.08 bits per heavy atom. The molecule has 4 aliphatic carbocycles. The average molecular weight is 363 g/mol. The molecule has 1 heterocycles. The predicted octanol–water partition coefficient (Wildman–Crippen LogP) is 3.09. The van der Waals surface area contributed by atoms with Crippen LogP contribution in [0.5, 0.6) is 0 Å². The van der Waals surface area contributed by atoms with E-state index in [1.54, 1.807) is 6.92 Å². The van der Waals surface area contributed by atoms with Crippen molar-refractivity contribution in [2.24, 2.45) is 34.5 Å². The molecule has 0 aromatic rings. The number of fused-ring (bicyclic) bond motifs is 7. The predicted molar refractivity (Wildman–Crippen MR) is 97.4 cm³/mol. The van der Waals surface area contributed by atoms with E-state index in [4.69, 9.17) is 4.74 Å². The normalized spacial score (nSPS) is 63.3. The zero-order valence-electron chi connectivity index (χ0n) is 16.6. The molecule has 0 unspecified atom stereocenters. The van der Waals surface area contributed by atoms with Gasteiger partial charge in [0.2, 0.25) is 0 Å². The summed E-state index contributed by atoms with van der Waals surface area (Å²) in [5, 5.41) is 21.9. The van der Waals surface area contributed by atoms with E-state index in [0.29, 0.717) is 24.2 Å². The van der Waals surface area contributed by atoms with Gasteiger partial charge in [0, 0.05) is 11.8 Å². The van der Waals surface area contributed by atoms with Gasteiger partial charge in [-0.05, 0) is 74.5 Å². The second-order valence-electron chi connectivity index (χ2n) is 10.8. The van der Waals surface area contributed by atoms with Gasteiger partial charge in [-0.3, -0.25) is 4.79 Å². The van der Waals surface area contributed by atoms with Crippen molar-refractivity contribution in [3.63, 3.8) is 0 Å². The van der Waals surface area contributed by atoms with Crippen molar-refractivity contribution in [2.75, 3.05) is 0 Å². The molecule has 4 nitrogen and oxygen atoms in total. The molecule has 5 rings (SSSR count). The highest BCUT2D eigenvalue weighted by atomic mass is 16.6. The van der Waals surface area contributed by atoms with Crippen LogP contribution in [-0.2, 0) is 9.53 Å².